The number of carbonyl (C=O) groups is 1. The van der Waals surface area contributed by atoms with Crippen LogP contribution < -0.4 is 11.2 Å². The molecule has 5 N–H and O–H groups in total. The van der Waals surface area contributed by atoms with E-state index in [1.165, 1.54) is 30.5 Å². The fourth-order valence-corrected chi connectivity index (χ4v) is 1.69. The molecule has 0 atom stereocenters. The molecule has 2 amide bonds. The number of carbonyl (C=O) groups excluding carboxylic acids is 1. The van der Waals surface area contributed by atoms with Crippen LogP contribution in [0.3, 0.4) is 0 Å². The lowest BCUT2D eigenvalue weighted by Gasteiger charge is -2.06. The number of phenolic OH excluding ortho intramolecular Hbond substituents is 2. The number of aromatic hydroxyl groups is 2. The summed E-state index contributed by atoms with van der Waals surface area (Å²) >= 11 is 0. The lowest BCUT2D eigenvalue weighted by Crippen LogP contribution is -2.24. The Labute approximate surface area is 131 Å². The minimum atomic E-state index is -0.831. The summed E-state index contributed by atoms with van der Waals surface area (Å²) in [7, 11) is 0. The standard InChI is InChI=1S/C14H12FN3O3.ClH/c15-11-6-9(2-4-13(11)20)8-1-3-12(19)10(5-8)7-17-18-14(16)21;/h1-7,19-20H,(H3,16,18,21);1H/b17-7+;. The highest BCUT2D eigenvalue weighted by Crippen LogP contribution is 2.28. The number of hydrogen-bond acceptors (Lipinski definition) is 4. The van der Waals surface area contributed by atoms with E-state index in [-0.39, 0.29) is 18.2 Å². The number of hydrogen-bond donors (Lipinski definition) is 4. The first kappa shape index (κ1) is 17.3. The molecule has 0 heterocycles. The molecule has 2 aromatic carbocycles. The van der Waals surface area contributed by atoms with Crippen molar-refractivity contribution in [3.8, 4) is 22.6 Å². The molecule has 2 aromatic rings. The third kappa shape index (κ3) is 4.10. The van der Waals surface area contributed by atoms with Crippen LogP contribution in [0.25, 0.3) is 11.1 Å². The summed E-state index contributed by atoms with van der Waals surface area (Å²) in [6.45, 7) is 0. The maximum absolute atomic E-state index is 13.3. The molecule has 6 nitrogen and oxygen atoms in total. The molecular weight excluding hydrogens is 313 g/mol. The molecule has 2 rings (SSSR count). The van der Waals surface area contributed by atoms with Crippen LogP contribution in [0.1, 0.15) is 5.56 Å². The first-order chi connectivity index (χ1) is 9.97. The van der Waals surface area contributed by atoms with Crippen molar-refractivity contribution >= 4 is 24.7 Å². The number of phenols is 2. The summed E-state index contributed by atoms with van der Waals surface area (Å²) < 4.78 is 13.3. The van der Waals surface area contributed by atoms with E-state index in [9.17, 15) is 14.3 Å². The van der Waals surface area contributed by atoms with Crippen molar-refractivity contribution in [3.63, 3.8) is 0 Å². The number of hydrazone groups is 1. The number of nitrogens with zero attached hydrogens (tertiary/aromatic N) is 1. The van der Waals surface area contributed by atoms with Crippen molar-refractivity contribution in [3.05, 3.63) is 47.8 Å². The number of nitrogens with one attached hydrogen (secondary N) is 1. The molecule has 0 spiro atoms. The SMILES string of the molecule is Cl.NC(=O)N/N=C/c1cc(-c2ccc(O)c(F)c2)ccc1O. The Morgan fingerprint density at radius 1 is 1.14 bits per heavy atom. The number of urea groups is 1. The van der Waals surface area contributed by atoms with Gasteiger partial charge in [-0.15, -0.1) is 12.4 Å². The Morgan fingerprint density at radius 2 is 1.73 bits per heavy atom. The summed E-state index contributed by atoms with van der Waals surface area (Å²) in [4.78, 5) is 10.5. The first-order valence-corrected chi connectivity index (χ1v) is 5.88. The van der Waals surface area contributed by atoms with Gasteiger partial charge in [0.2, 0.25) is 0 Å². The Morgan fingerprint density at radius 3 is 2.32 bits per heavy atom. The van der Waals surface area contributed by atoms with Gasteiger partial charge >= 0.3 is 6.03 Å². The first-order valence-electron chi connectivity index (χ1n) is 5.88. The molecule has 0 fully saturated rings. The lowest BCUT2D eigenvalue weighted by molar-refractivity contribution is 0.249. The molecule has 0 bridgehead atoms. The largest absolute Gasteiger partial charge is 0.507 e. The van der Waals surface area contributed by atoms with Crippen LogP contribution in [0.4, 0.5) is 9.18 Å². The fraction of sp³-hybridized carbons (Fsp3) is 0. The number of primary amides is 1. The Kier molecular flexibility index (Phi) is 5.71. The van der Waals surface area contributed by atoms with Crippen LogP contribution >= 0.6 is 12.4 Å². The molecule has 0 aliphatic heterocycles. The molecule has 0 saturated carbocycles. The predicted molar refractivity (Wildman–Crippen MR) is 82.7 cm³/mol. The van der Waals surface area contributed by atoms with Gasteiger partial charge in [-0.3, -0.25) is 0 Å². The van der Waals surface area contributed by atoms with Crippen LogP contribution in [0.2, 0.25) is 0 Å². The number of amides is 2. The van der Waals surface area contributed by atoms with Crippen LogP contribution in [0, 0.1) is 5.82 Å². The highest BCUT2D eigenvalue weighted by molar-refractivity contribution is 5.87. The maximum Gasteiger partial charge on any atom is 0.332 e. The van der Waals surface area contributed by atoms with E-state index >= 15 is 0 Å². The van der Waals surface area contributed by atoms with Gasteiger partial charge in [-0.1, -0.05) is 12.1 Å². The van der Waals surface area contributed by atoms with Gasteiger partial charge in [-0.05, 0) is 35.4 Å². The fourth-order valence-electron chi connectivity index (χ4n) is 1.69. The van der Waals surface area contributed by atoms with E-state index in [4.69, 9.17) is 10.8 Å². The van der Waals surface area contributed by atoms with Crippen LogP contribution in [0.5, 0.6) is 11.5 Å². The molecular formula is C14H13ClFN3O3. The Bertz CT molecular complexity index is 722. The highest BCUT2D eigenvalue weighted by Gasteiger charge is 2.06. The molecule has 0 radical (unpaired) electrons. The van der Waals surface area contributed by atoms with Crippen LogP contribution in [-0.4, -0.2) is 22.5 Å². The summed E-state index contributed by atoms with van der Waals surface area (Å²) in [5.74, 6) is -1.25. The van der Waals surface area contributed by atoms with Crippen molar-refractivity contribution in [1.29, 1.82) is 0 Å². The zero-order chi connectivity index (χ0) is 15.4. The number of halogens is 2. The van der Waals surface area contributed by atoms with E-state index < -0.39 is 17.6 Å². The van der Waals surface area contributed by atoms with Crippen molar-refractivity contribution < 1.29 is 19.4 Å². The Hall–Kier alpha value is -2.80. The maximum atomic E-state index is 13.3. The normalized spacial score (nSPS) is 10.2. The van der Waals surface area contributed by atoms with Crippen molar-refractivity contribution in [2.45, 2.75) is 0 Å². The monoisotopic (exact) mass is 325 g/mol. The summed E-state index contributed by atoms with van der Waals surface area (Å²) in [6, 6.07) is 7.65. The van der Waals surface area contributed by atoms with Crippen molar-refractivity contribution in [2.24, 2.45) is 10.8 Å². The second-order valence-corrected chi connectivity index (χ2v) is 4.17. The average Bonchev–Trinajstić information content (AvgIpc) is 2.43. The molecule has 0 unspecified atom stereocenters. The van der Waals surface area contributed by atoms with Gasteiger partial charge in [-0.25, -0.2) is 14.6 Å². The minimum Gasteiger partial charge on any atom is -0.507 e. The molecule has 0 saturated heterocycles. The molecule has 0 aromatic heterocycles. The van der Waals surface area contributed by atoms with Gasteiger partial charge in [-0.2, -0.15) is 5.10 Å². The summed E-state index contributed by atoms with van der Waals surface area (Å²) in [5.41, 5.74) is 8.29. The number of rotatable bonds is 3. The smallest absolute Gasteiger partial charge is 0.332 e. The van der Waals surface area contributed by atoms with Gasteiger partial charge in [0.15, 0.2) is 11.6 Å². The second-order valence-electron chi connectivity index (χ2n) is 4.17. The topological polar surface area (TPSA) is 108 Å². The van der Waals surface area contributed by atoms with Gasteiger partial charge in [0.05, 0.1) is 6.21 Å². The predicted octanol–water partition coefficient (Wildman–Crippen LogP) is 2.33. The third-order valence-electron chi connectivity index (χ3n) is 2.69. The van der Waals surface area contributed by atoms with E-state index in [1.807, 2.05) is 5.43 Å². The molecule has 0 aliphatic carbocycles. The number of nitrogens with two attached hydrogens (primary N) is 1. The zero-order valence-electron chi connectivity index (χ0n) is 11.2. The van der Waals surface area contributed by atoms with Gasteiger partial charge in [0.25, 0.3) is 0 Å². The third-order valence-corrected chi connectivity index (χ3v) is 2.69. The van der Waals surface area contributed by atoms with E-state index in [0.717, 1.165) is 0 Å². The molecule has 8 heteroatoms. The van der Waals surface area contributed by atoms with Crippen molar-refractivity contribution in [2.75, 3.05) is 0 Å². The van der Waals surface area contributed by atoms with Gasteiger partial charge in [0.1, 0.15) is 5.75 Å². The molecule has 116 valence electrons. The van der Waals surface area contributed by atoms with Gasteiger partial charge in [0, 0.05) is 5.56 Å². The van der Waals surface area contributed by atoms with Crippen LogP contribution in [0.15, 0.2) is 41.5 Å². The highest BCUT2D eigenvalue weighted by atomic mass is 35.5. The summed E-state index contributed by atoms with van der Waals surface area (Å²) in [6.07, 6.45) is 1.21. The lowest BCUT2D eigenvalue weighted by atomic mass is 10.0. The zero-order valence-corrected chi connectivity index (χ0v) is 12.0. The van der Waals surface area contributed by atoms with Gasteiger partial charge < -0.3 is 15.9 Å². The quantitative estimate of drug-likeness (QED) is 0.513. The van der Waals surface area contributed by atoms with E-state index in [1.54, 1.807) is 12.1 Å². The molecule has 22 heavy (non-hydrogen) atoms. The minimum absolute atomic E-state index is 0. The Balaban J connectivity index is 0.00000242. The van der Waals surface area contributed by atoms with Crippen LogP contribution in [-0.2, 0) is 0 Å². The molecule has 0 aliphatic rings. The van der Waals surface area contributed by atoms with Crippen molar-refractivity contribution in [1.82, 2.24) is 5.43 Å². The average molecular weight is 326 g/mol. The second kappa shape index (κ2) is 7.28. The van der Waals surface area contributed by atoms with E-state index in [0.29, 0.717) is 16.7 Å². The van der Waals surface area contributed by atoms with E-state index in [2.05, 4.69) is 5.10 Å². The summed E-state index contributed by atoms with van der Waals surface area (Å²) in [5, 5.41) is 22.4. The number of benzene rings is 2.